The van der Waals surface area contributed by atoms with Gasteiger partial charge in [0.05, 0.1) is 12.1 Å². The van der Waals surface area contributed by atoms with Crippen molar-refractivity contribution in [3.05, 3.63) is 70.2 Å². The standard InChI is InChI=1S/C18H19ClN2O/c1-12(13-6-8-16(19)9-7-13)21-18(22)17-10-14-4-2-3-5-15(14)11-20-17/h2-9,12,17,20H,10-11H2,1H3,(H,21,22). The highest BCUT2D eigenvalue weighted by Gasteiger charge is 2.24. The summed E-state index contributed by atoms with van der Waals surface area (Å²) in [5, 5.41) is 7.08. The van der Waals surface area contributed by atoms with E-state index in [4.69, 9.17) is 11.6 Å². The van der Waals surface area contributed by atoms with Crippen molar-refractivity contribution in [3.63, 3.8) is 0 Å². The Morgan fingerprint density at radius 1 is 1.18 bits per heavy atom. The second-order valence-electron chi connectivity index (χ2n) is 5.69. The molecule has 3 nitrogen and oxygen atoms in total. The lowest BCUT2D eigenvalue weighted by Crippen LogP contribution is -2.48. The molecule has 1 amide bonds. The fourth-order valence-corrected chi connectivity index (χ4v) is 2.91. The van der Waals surface area contributed by atoms with E-state index in [0.29, 0.717) is 5.02 Å². The Balaban J connectivity index is 1.64. The van der Waals surface area contributed by atoms with E-state index in [0.717, 1.165) is 18.5 Å². The lowest BCUT2D eigenvalue weighted by molar-refractivity contribution is -0.124. The van der Waals surface area contributed by atoms with Crippen LogP contribution in [0.3, 0.4) is 0 Å². The van der Waals surface area contributed by atoms with E-state index in [1.165, 1.54) is 11.1 Å². The zero-order valence-corrected chi connectivity index (χ0v) is 13.2. The first-order chi connectivity index (χ1) is 10.6. The zero-order chi connectivity index (χ0) is 15.5. The molecule has 0 bridgehead atoms. The number of benzene rings is 2. The van der Waals surface area contributed by atoms with Crippen molar-refractivity contribution in [2.75, 3.05) is 0 Å². The summed E-state index contributed by atoms with van der Waals surface area (Å²) in [5.41, 5.74) is 3.58. The van der Waals surface area contributed by atoms with E-state index in [-0.39, 0.29) is 18.0 Å². The van der Waals surface area contributed by atoms with Crippen molar-refractivity contribution in [1.82, 2.24) is 10.6 Å². The number of halogens is 1. The van der Waals surface area contributed by atoms with E-state index in [2.05, 4.69) is 22.8 Å². The van der Waals surface area contributed by atoms with Gasteiger partial charge in [0.2, 0.25) is 5.91 Å². The minimum absolute atomic E-state index is 0.0382. The molecule has 4 heteroatoms. The van der Waals surface area contributed by atoms with Gasteiger partial charge in [-0.3, -0.25) is 4.79 Å². The van der Waals surface area contributed by atoms with Crippen LogP contribution in [0.2, 0.25) is 5.02 Å². The number of hydrogen-bond donors (Lipinski definition) is 2. The Hall–Kier alpha value is -1.84. The smallest absolute Gasteiger partial charge is 0.237 e. The molecule has 2 atom stereocenters. The van der Waals surface area contributed by atoms with Crippen LogP contribution in [-0.2, 0) is 17.8 Å². The van der Waals surface area contributed by atoms with Gasteiger partial charge in [0, 0.05) is 11.6 Å². The average Bonchev–Trinajstić information content (AvgIpc) is 2.55. The quantitative estimate of drug-likeness (QED) is 0.913. The van der Waals surface area contributed by atoms with Crippen molar-refractivity contribution in [1.29, 1.82) is 0 Å². The Morgan fingerprint density at radius 2 is 1.86 bits per heavy atom. The van der Waals surface area contributed by atoms with Crippen LogP contribution in [-0.4, -0.2) is 11.9 Å². The number of rotatable bonds is 3. The maximum atomic E-state index is 12.5. The van der Waals surface area contributed by atoms with Crippen LogP contribution in [0.1, 0.15) is 29.7 Å². The topological polar surface area (TPSA) is 41.1 Å². The summed E-state index contributed by atoms with van der Waals surface area (Å²) in [6.45, 7) is 2.72. The molecule has 0 saturated carbocycles. The molecule has 0 radical (unpaired) electrons. The van der Waals surface area contributed by atoms with Crippen LogP contribution in [0.25, 0.3) is 0 Å². The molecule has 0 aromatic heterocycles. The maximum Gasteiger partial charge on any atom is 0.237 e. The Bertz CT molecular complexity index is 669. The zero-order valence-electron chi connectivity index (χ0n) is 12.5. The Labute approximate surface area is 135 Å². The van der Waals surface area contributed by atoms with Gasteiger partial charge in [-0.25, -0.2) is 0 Å². The minimum Gasteiger partial charge on any atom is -0.348 e. The summed E-state index contributed by atoms with van der Waals surface area (Å²) >= 11 is 5.89. The van der Waals surface area contributed by atoms with Gasteiger partial charge >= 0.3 is 0 Å². The highest BCUT2D eigenvalue weighted by atomic mass is 35.5. The van der Waals surface area contributed by atoms with E-state index < -0.39 is 0 Å². The monoisotopic (exact) mass is 314 g/mol. The molecule has 0 spiro atoms. The molecule has 2 aromatic rings. The number of hydrogen-bond acceptors (Lipinski definition) is 2. The van der Waals surface area contributed by atoms with E-state index in [9.17, 15) is 4.79 Å². The van der Waals surface area contributed by atoms with Crippen molar-refractivity contribution in [2.45, 2.75) is 32.0 Å². The fourth-order valence-electron chi connectivity index (χ4n) is 2.79. The largest absolute Gasteiger partial charge is 0.348 e. The van der Waals surface area contributed by atoms with Crippen LogP contribution in [0, 0.1) is 0 Å². The number of amides is 1. The molecule has 1 aliphatic rings. The molecular weight excluding hydrogens is 296 g/mol. The lowest BCUT2D eigenvalue weighted by Gasteiger charge is -2.26. The SMILES string of the molecule is CC(NC(=O)C1Cc2ccccc2CN1)c1ccc(Cl)cc1. The Kier molecular flexibility index (Phi) is 4.46. The molecule has 0 aliphatic carbocycles. The highest BCUT2D eigenvalue weighted by molar-refractivity contribution is 6.30. The minimum atomic E-state index is -0.176. The van der Waals surface area contributed by atoms with Gasteiger partial charge < -0.3 is 10.6 Å². The van der Waals surface area contributed by atoms with Crippen molar-refractivity contribution in [3.8, 4) is 0 Å². The molecular formula is C18H19ClN2O. The normalized spacial score (nSPS) is 18.4. The van der Waals surface area contributed by atoms with Crippen LogP contribution in [0.5, 0.6) is 0 Å². The van der Waals surface area contributed by atoms with Crippen LogP contribution < -0.4 is 10.6 Å². The van der Waals surface area contributed by atoms with Crippen molar-refractivity contribution in [2.24, 2.45) is 0 Å². The van der Waals surface area contributed by atoms with Crippen molar-refractivity contribution < 1.29 is 4.79 Å². The molecule has 0 saturated heterocycles. The van der Waals surface area contributed by atoms with Crippen molar-refractivity contribution >= 4 is 17.5 Å². The Morgan fingerprint density at radius 3 is 2.59 bits per heavy atom. The number of nitrogens with one attached hydrogen (secondary N) is 2. The van der Waals surface area contributed by atoms with Gasteiger partial charge in [0.1, 0.15) is 0 Å². The molecule has 2 unspecified atom stereocenters. The summed E-state index contributed by atoms with van der Waals surface area (Å²) in [5.74, 6) is 0.0388. The van der Waals surface area contributed by atoms with E-state index >= 15 is 0 Å². The average molecular weight is 315 g/mol. The molecule has 1 heterocycles. The predicted molar refractivity (Wildman–Crippen MR) is 88.8 cm³/mol. The van der Waals surface area contributed by atoms with Gasteiger partial charge in [0.25, 0.3) is 0 Å². The van der Waals surface area contributed by atoms with Gasteiger partial charge in [-0.15, -0.1) is 0 Å². The second-order valence-corrected chi connectivity index (χ2v) is 6.12. The highest BCUT2D eigenvalue weighted by Crippen LogP contribution is 2.19. The third kappa shape index (κ3) is 3.32. The number of carbonyl (C=O) groups is 1. The molecule has 22 heavy (non-hydrogen) atoms. The fraction of sp³-hybridized carbons (Fsp3) is 0.278. The molecule has 1 aliphatic heterocycles. The summed E-state index contributed by atoms with van der Waals surface area (Å²) in [6.07, 6.45) is 0.731. The maximum absolute atomic E-state index is 12.5. The third-order valence-electron chi connectivity index (χ3n) is 4.13. The summed E-state index contributed by atoms with van der Waals surface area (Å²) in [7, 11) is 0. The summed E-state index contributed by atoms with van der Waals surface area (Å²) in [4.78, 5) is 12.5. The van der Waals surface area contributed by atoms with Gasteiger partial charge in [-0.05, 0) is 42.2 Å². The van der Waals surface area contributed by atoms with E-state index in [1.807, 2.05) is 43.3 Å². The van der Waals surface area contributed by atoms with Gasteiger partial charge in [-0.2, -0.15) is 0 Å². The number of fused-ring (bicyclic) bond motifs is 1. The first-order valence-corrected chi connectivity index (χ1v) is 7.87. The van der Waals surface area contributed by atoms with Gasteiger partial charge in [-0.1, -0.05) is 48.0 Å². The third-order valence-corrected chi connectivity index (χ3v) is 4.38. The van der Waals surface area contributed by atoms with E-state index in [1.54, 1.807) is 0 Å². The molecule has 3 rings (SSSR count). The summed E-state index contributed by atoms with van der Waals surface area (Å²) in [6, 6.07) is 15.6. The second kappa shape index (κ2) is 6.51. The lowest BCUT2D eigenvalue weighted by atomic mass is 9.95. The first-order valence-electron chi connectivity index (χ1n) is 7.49. The van der Waals surface area contributed by atoms with Crippen LogP contribution in [0.4, 0.5) is 0 Å². The van der Waals surface area contributed by atoms with Crippen LogP contribution in [0.15, 0.2) is 48.5 Å². The van der Waals surface area contributed by atoms with Crippen LogP contribution >= 0.6 is 11.6 Å². The predicted octanol–water partition coefficient (Wildman–Crippen LogP) is 3.23. The molecule has 2 aromatic carbocycles. The summed E-state index contributed by atoms with van der Waals surface area (Å²) < 4.78 is 0. The number of carbonyl (C=O) groups excluding carboxylic acids is 1. The van der Waals surface area contributed by atoms with Gasteiger partial charge in [0.15, 0.2) is 0 Å². The molecule has 114 valence electrons. The molecule has 2 N–H and O–H groups in total. The molecule has 0 fully saturated rings. The first kappa shape index (κ1) is 15.1.